The molecule has 160 valence electrons. The maximum Gasteiger partial charge on any atom is 0.263 e. The van der Waals surface area contributed by atoms with Gasteiger partial charge in [-0.25, -0.2) is 4.68 Å². The van der Waals surface area contributed by atoms with Crippen molar-refractivity contribution in [3.05, 3.63) is 81.9 Å². The summed E-state index contributed by atoms with van der Waals surface area (Å²) in [5, 5.41) is 5.32. The maximum absolute atomic E-state index is 13.0. The van der Waals surface area contributed by atoms with E-state index < -0.39 is 0 Å². The van der Waals surface area contributed by atoms with E-state index in [0.29, 0.717) is 29.1 Å². The van der Waals surface area contributed by atoms with E-state index in [4.69, 9.17) is 17.3 Å². The van der Waals surface area contributed by atoms with Gasteiger partial charge < -0.3 is 4.90 Å². The number of anilines is 1. The summed E-state index contributed by atoms with van der Waals surface area (Å²) in [5.41, 5.74) is 3.05. The zero-order valence-corrected chi connectivity index (χ0v) is 18.8. The number of benzene rings is 2. The molecule has 0 aliphatic heterocycles. The van der Waals surface area contributed by atoms with Crippen LogP contribution >= 0.6 is 12.2 Å². The average molecular weight is 435 g/mol. The lowest BCUT2D eigenvalue weighted by Crippen LogP contribution is -2.23. The van der Waals surface area contributed by atoms with Gasteiger partial charge in [0.05, 0.1) is 17.6 Å². The number of aromatic nitrogens is 4. The van der Waals surface area contributed by atoms with Crippen LogP contribution in [0.4, 0.5) is 5.69 Å². The fourth-order valence-corrected chi connectivity index (χ4v) is 4.02. The van der Waals surface area contributed by atoms with Gasteiger partial charge in [0.15, 0.2) is 0 Å². The summed E-state index contributed by atoms with van der Waals surface area (Å²) in [7, 11) is 6.09. The van der Waals surface area contributed by atoms with E-state index in [1.807, 2.05) is 49.8 Å². The van der Waals surface area contributed by atoms with Crippen LogP contribution in [-0.2, 0) is 19.8 Å². The van der Waals surface area contributed by atoms with E-state index in [0.717, 1.165) is 12.1 Å². The Morgan fingerprint density at radius 3 is 2.48 bits per heavy atom. The number of rotatable bonds is 7. The van der Waals surface area contributed by atoms with Crippen molar-refractivity contribution in [2.75, 3.05) is 26.0 Å². The third kappa shape index (κ3) is 3.92. The zero-order chi connectivity index (χ0) is 22.1. The van der Waals surface area contributed by atoms with Crippen LogP contribution in [0.15, 0.2) is 66.0 Å². The average Bonchev–Trinajstić information content (AvgIpc) is 3.07. The first-order valence-corrected chi connectivity index (χ1v) is 10.5. The van der Waals surface area contributed by atoms with Gasteiger partial charge in [0.1, 0.15) is 0 Å². The van der Waals surface area contributed by atoms with Crippen molar-refractivity contribution in [3.63, 3.8) is 0 Å². The summed E-state index contributed by atoms with van der Waals surface area (Å²) in [4.78, 5) is 17.2. The first kappa shape index (κ1) is 21.0. The van der Waals surface area contributed by atoms with E-state index in [1.165, 1.54) is 11.3 Å². The fourth-order valence-electron chi connectivity index (χ4n) is 3.74. The number of hydrogen-bond acceptors (Lipinski definition) is 5. The highest BCUT2D eigenvalue weighted by atomic mass is 32.1. The molecule has 8 heteroatoms. The molecule has 0 amide bonds. The first-order valence-electron chi connectivity index (χ1n) is 10.1. The van der Waals surface area contributed by atoms with Crippen LogP contribution in [0.5, 0.6) is 0 Å². The molecule has 31 heavy (non-hydrogen) atoms. The second-order valence-corrected chi connectivity index (χ2v) is 8.22. The molecule has 4 aromatic rings. The highest BCUT2D eigenvalue weighted by molar-refractivity contribution is 7.71. The summed E-state index contributed by atoms with van der Waals surface area (Å²) in [5.74, 6) is 0.525. The Morgan fingerprint density at radius 1 is 1.10 bits per heavy atom. The minimum absolute atomic E-state index is 0.0931. The topological polar surface area (TPSA) is 50.7 Å². The van der Waals surface area contributed by atoms with Crippen molar-refractivity contribution in [3.8, 4) is 0 Å². The first-order chi connectivity index (χ1) is 14.9. The molecule has 0 radical (unpaired) electrons. The van der Waals surface area contributed by atoms with Gasteiger partial charge in [0, 0.05) is 32.9 Å². The zero-order valence-electron chi connectivity index (χ0n) is 18.0. The highest BCUT2D eigenvalue weighted by Gasteiger charge is 2.15. The van der Waals surface area contributed by atoms with Gasteiger partial charge in [-0.15, -0.1) is 11.7 Å². The van der Waals surface area contributed by atoms with Gasteiger partial charge >= 0.3 is 0 Å². The molecule has 2 heterocycles. The Balaban J connectivity index is 1.71. The van der Waals surface area contributed by atoms with Gasteiger partial charge in [0.25, 0.3) is 5.56 Å². The van der Waals surface area contributed by atoms with Gasteiger partial charge in [-0.05, 0) is 49.1 Å². The molecular formula is C23H26N6OS. The molecule has 0 unspecified atom stereocenters. The Bertz CT molecular complexity index is 1360. The SMILES string of the molecule is C=CCn1c(=O)c2ccccc2n2c(=S)n(CN(C)Cc3ccc(N(C)C)cc3)nc12. The number of nitrogens with zero attached hydrogens (tertiary/aromatic N) is 6. The van der Waals surface area contributed by atoms with Crippen molar-refractivity contribution >= 4 is 34.6 Å². The van der Waals surface area contributed by atoms with E-state index in [1.54, 1.807) is 15.3 Å². The molecule has 0 saturated carbocycles. The molecule has 0 aliphatic rings. The summed E-state index contributed by atoms with van der Waals surface area (Å²) >= 11 is 5.76. The molecule has 0 bridgehead atoms. The van der Waals surface area contributed by atoms with Crippen molar-refractivity contribution in [1.29, 1.82) is 0 Å². The highest BCUT2D eigenvalue weighted by Crippen LogP contribution is 2.16. The lowest BCUT2D eigenvalue weighted by molar-refractivity contribution is 0.244. The van der Waals surface area contributed by atoms with Crippen LogP contribution < -0.4 is 10.5 Å². The van der Waals surface area contributed by atoms with Crippen molar-refractivity contribution in [2.45, 2.75) is 19.8 Å². The van der Waals surface area contributed by atoms with Gasteiger partial charge in [-0.3, -0.25) is 18.7 Å². The van der Waals surface area contributed by atoms with Crippen LogP contribution in [-0.4, -0.2) is 44.8 Å². The van der Waals surface area contributed by atoms with Gasteiger partial charge in [-0.1, -0.05) is 30.3 Å². The molecule has 2 aromatic heterocycles. The molecule has 2 aromatic carbocycles. The van der Waals surface area contributed by atoms with E-state index in [-0.39, 0.29) is 5.56 Å². The van der Waals surface area contributed by atoms with Crippen LogP contribution in [0.3, 0.4) is 0 Å². The normalized spacial score (nSPS) is 11.5. The molecule has 7 nitrogen and oxygen atoms in total. The molecule has 0 saturated heterocycles. The molecule has 4 rings (SSSR count). The quantitative estimate of drug-likeness (QED) is 0.329. The predicted octanol–water partition coefficient (Wildman–Crippen LogP) is 3.52. The second kappa shape index (κ2) is 8.49. The van der Waals surface area contributed by atoms with Gasteiger partial charge in [0.2, 0.25) is 10.5 Å². The lowest BCUT2D eigenvalue weighted by atomic mass is 10.2. The van der Waals surface area contributed by atoms with Crippen molar-refractivity contribution in [1.82, 2.24) is 23.6 Å². The van der Waals surface area contributed by atoms with Crippen LogP contribution in [0.2, 0.25) is 0 Å². The fraction of sp³-hybridized carbons (Fsp3) is 0.261. The second-order valence-electron chi connectivity index (χ2n) is 7.86. The Morgan fingerprint density at radius 2 is 1.81 bits per heavy atom. The smallest absolute Gasteiger partial charge is 0.263 e. The Hall–Kier alpha value is -3.23. The standard InChI is InChI=1S/C23H26N6OS/c1-5-14-27-21(30)19-8-6-7-9-20(19)29-22(27)24-28(23(29)31)16-26(4)15-17-10-12-18(13-11-17)25(2)3/h5-13H,1,14-16H2,2-4H3. The maximum atomic E-state index is 13.0. The minimum atomic E-state index is -0.0931. The van der Waals surface area contributed by atoms with E-state index >= 15 is 0 Å². The summed E-state index contributed by atoms with van der Waals surface area (Å²) in [6.07, 6.45) is 1.70. The molecule has 0 aliphatic carbocycles. The van der Waals surface area contributed by atoms with Crippen molar-refractivity contribution in [2.24, 2.45) is 0 Å². The van der Waals surface area contributed by atoms with Crippen LogP contribution in [0.1, 0.15) is 5.56 Å². The molecular weight excluding hydrogens is 408 g/mol. The minimum Gasteiger partial charge on any atom is -0.378 e. The predicted molar refractivity (Wildman–Crippen MR) is 128 cm³/mol. The summed E-state index contributed by atoms with van der Waals surface area (Å²) < 4.78 is 5.81. The third-order valence-electron chi connectivity index (χ3n) is 5.28. The third-order valence-corrected chi connectivity index (χ3v) is 5.67. The molecule has 0 spiro atoms. The van der Waals surface area contributed by atoms with Crippen LogP contribution in [0.25, 0.3) is 16.7 Å². The Labute approximate surface area is 186 Å². The summed E-state index contributed by atoms with van der Waals surface area (Å²) in [6, 6.07) is 16.0. The van der Waals surface area contributed by atoms with Crippen LogP contribution in [0, 0.1) is 4.77 Å². The largest absolute Gasteiger partial charge is 0.378 e. The number of allylic oxidation sites excluding steroid dienone is 1. The Kier molecular flexibility index (Phi) is 5.75. The van der Waals surface area contributed by atoms with E-state index in [2.05, 4.69) is 40.6 Å². The number of para-hydroxylation sites is 1. The monoisotopic (exact) mass is 434 g/mol. The lowest BCUT2D eigenvalue weighted by Gasteiger charge is -2.17. The molecule has 0 N–H and O–H groups in total. The number of fused-ring (bicyclic) bond motifs is 3. The van der Waals surface area contributed by atoms with Gasteiger partial charge in [-0.2, -0.15) is 0 Å². The van der Waals surface area contributed by atoms with Crippen molar-refractivity contribution < 1.29 is 0 Å². The van der Waals surface area contributed by atoms with E-state index in [9.17, 15) is 4.79 Å². The summed E-state index contributed by atoms with van der Waals surface area (Å²) in [6.45, 7) is 5.41. The molecule has 0 atom stereocenters. The molecule has 0 fully saturated rings. The number of hydrogen-bond donors (Lipinski definition) is 0.